The van der Waals surface area contributed by atoms with E-state index in [1.54, 1.807) is 0 Å². The minimum Gasteiger partial charge on any atom is -0.492 e. The Balaban J connectivity index is 2.06. The van der Waals surface area contributed by atoms with Crippen LogP contribution < -0.4 is 19.9 Å². The maximum absolute atomic E-state index is 12.7. The topological polar surface area (TPSA) is 86.3 Å². The Morgan fingerprint density at radius 3 is 2.75 bits per heavy atom. The van der Waals surface area contributed by atoms with E-state index in [-0.39, 0.29) is 12.5 Å². The van der Waals surface area contributed by atoms with Gasteiger partial charge in [-0.3, -0.25) is 0 Å². The Morgan fingerprint density at radius 1 is 1.40 bits per heavy atom. The third-order valence-corrected chi connectivity index (χ3v) is 2.63. The quantitative estimate of drug-likeness (QED) is 0.382. The van der Waals surface area contributed by atoms with E-state index in [9.17, 15) is 13.2 Å². The highest BCUT2D eigenvalue weighted by Gasteiger charge is 2.43. The second-order valence-corrected chi connectivity index (χ2v) is 3.95. The number of halogens is 3. The van der Waals surface area contributed by atoms with Crippen LogP contribution in [0.15, 0.2) is 23.4 Å². The van der Waals surface area contributed by atoms with Crippen molar-refractivity contribution in [1.29, 1.82) is 0 Å². The van der Waals surface area contributed by atoms with Gasteiger partial charge in [-0.2, -0.15) is 13.2 Å². The summed E-state index contributed by atoms with van der Waals surface area (Å²) in [5, 5.41) is 10.7. The lowest BCUT2D eigenvalue weighted by molar-refractivity contribution is -0.162. The van der Waals surface area contributed by atoms with Gasteiger partial charge in [0.25, 0.3) is 0 Å². The predicted octanol–water partition coefficient (Wildman–Crippen LogP) is 1.72. The number of hydrogen-bond donors (Lipinski definition) is 2. The fourth-order valence-electron chi connectivity index (χ4n) is 1.56. The first-order valence-electron chi connectivity index (χ1n) is 5.48. The van der Waals surface area contributed by atoms with Crippen molar-refractivity contribution in [3.05, 3.63) is 18.2 Å². The number of fused-ring (bicyclic) bond motifs is 1. The minimum absolute atomic E-state index is 0.0497. The van der Waals surface area contributed by atoms with Gasteiger partial charge in [0.15, 0.2) is 17.3 Å². The Labute approximate surface area is 111 Å². The van der Waals surface area contributed by atoms with Crippen LogP contribution >= 0.6 is 0 Å². The number of alkyl halides is 3. The molecule has 2 rings (SSSR count). The van der Waals surface area contributed by atoms with E-state index in [0.29, 0.717) is 11.5 Å². The van der Waals surface area contributed by atoms with Crippen molar-refractivity contribution in [1.82, 2.24) is 0 Å². The molecule has 1 unspecified atom stereocenters. The van der Waals surface area contributed by atoms with Crippen LogP contribution in [0.25, 0.3) is 0 Å². The van der Waals surface area contributed by atoms with Crippen LogP contribution in [-0.2, 0) is 0 Å². The van der Waals surface area contributed by atoms with Crippen molar-refractivity contribution >= 4 is 5.84 Å². The molecule has 6 nitrogen and oxygen atoms in total. The van der Waals surface area contributed by atoms with Crippen LogP contribution in [-0.4, -0.2) is 30.6 Å². The summed E-state index contributed by atoms with van der Waals surface area (Å²) < 4.78 is 53.2. The molecule has 0 fully saturated rings. The van der Waals surface area contributed by atoms with Gasteiger partial charge in [-0.15, -0.1) is 0 Å². The summed E-state index contributed by atoms with van der Waals surface area (Å²) in [5.41, 5.74) is 5.01. The molecule has 3 N–H and O–H groups in total. The number of benzene rings is 1. The van der Waals surface area contributed by atoms with Crippen LogP contribution in [0.4, 0.5) is 13.2 Å². The van der Waals surface area contributed by atoms with E-state index >= 15 is 0 Å². The largest absolute Gasteiger partial charge is 0.492 e. The average molecular weight is 292 g/mol. The molecule has 20 heavy (non-hydrogen) atoms. The molecule has 1 aliphatic rings. The molecule has 0 bridgehead atoms. The summed E-state index contributed by atoms with van der Waals surface area (Å²) in [4.78, 5) is 0. The second-order valence-electron chi connectivity index (χ2n) is 3.95. The van der Waals surface area contributed by atoms with Crippen LogP contribution in [0, 0.1) is 5.92 Å². The van der Waals surface area contributed by atoms with Gasteiger partial charge in [0.2, 0.25) is 6.79 Å². The van der Waals surface area contributed by atoms with Crippen LogP contribution in [0.3, 0.4) is 0 Å². The molecule has 0 aliphatic carbocycles. The summed E-state index contributed by atoms with van der Waals surface area (Å²) >= 11 is 0. The lowest BCUT2D eigenvalue weighted by Gasteiger charge is -2.19. The summed E-state index contributed by atoms with van der Waals surface area (Å²) in [6.45, 7) is -0.757. The molecule has 0 aromatic heterocycles. The number of nitrogens with two attached hydrogens (primary N) is 1. The number of hydrogen-bond acceptors (Lipinski definition) is 5. The zero-order valence-corrected chi connectivity index (χ0v) is 10.1. The molecular weight excluding hydrogens is 281 g/mol. The monoisotopic (exact) mass is 292 g/mol. The third kappa shape index (κ3) is 2.98. The molecule has 0 saturated carbocycles. The van der Waals surface area contributed by atoms with Gasteiger partial charge in [0, 0.05) is 6.07 Å². The van der Waals surface area contributed by atoms with Gasteiger partial charge >= 0.3 is 6.18 Å². The summed E-state index contributed by atoms with van der Waals surface area (Å²) in [7, 11) is 0. The highest BCUT2D eigenvalue weighted by Crippen LogP contribution is 2.35. The average Bonchev–Trinajstić information content (AvgIpc) is 2.84. The SMILES string of the molecule is N/C(=N/O)C(COc1ccc2c(c1)OCO2)C(F)(F)F. The molecule has 0 spiro atoms. The van der Waals surface area contributed by atoms with Gasteiger partial charge in [-0.25, -0.2) is 0 Å². The maximum atomic E-state index is 12.7. The standard InChI is InChI=1S/C11H11F3N2O4/c12-11(13,14)7(10(15)16-17)4-18-6-1-2-8-9(3-6)20-5-19-8/h1-3,7,17H,4-5H2,(H2,15,16). The zero-order chi connectivity index (χ0) is 14.8. The number of nitrogens with zero attached hydrogens (tertiary/aromatic N) is 1. The first-order chi connectivity index (χ1) is 9.41. The van der Waals surface area contributed by atoms with Crippen molar-refractivity contribution in [2.75, 3.05) is 13.4 Å². The van der Waals surface area contributed by atoms with Crippen molar-refractivity contribution in [3.63, 3.8) is 0 Å². The molecule has 1 heterocycles. The first kappa shape index (κ1) is 14.1. The lowest BCUT2D eigenvalue weighted by Crippen LogP contribution is -2.40. The van der Waals surface area contributed by atoms with Gasteiger partial charge in [0.05, 0.1) is 0 Å². The third-order valence-electron chi connectivity index (χ3n) is 2.63. The van der Waals surface area contributed by atoms with Crippen molar-refractivity contribution in [3.8, 4) is 17.2 Å². The molecule has 0 saturated heterocycles. The summed E-state index contributed by atoms with van der Waals surface area (Å²) in [6, 6.07) is 4.36. The first-order valence-corrected chi connectivity index (χ1v) is 5.48. The van der Waals surface area contributed by atoms with Crippen LogP contribution in [0.1, 0.15) is 0 Å². The van der Waals surface area contributed by atoms with E-state index in [0.717, 1.165) is 0 Å². The van der Waals surface area contributed by atoms with Crippen LogP contribution in [0.2, 0.25) is 0 Å². The van der Waals surface area contributed by atoms with Crippen LogP contribution in [0.5, 0.6) is 17.2 Å². The van der Waals surface area contributed by atoms with Crippen molar-refractivity contribution in [2.24, 2.45) is 16.8 Å². The van der Waals surface area contributed by atoms with Gasteiger partial charge < -0.3 is 25.2 Å². The molecule has 1 atom stereocenters. The fraction of sp³-hybridized carbons (Fsp3) is 0.364. The number of amidine groups is 1. The molecule has 0 amide bonds. The van der Waals surface area contributed by atoms with Gasteiger partial charge in [-0.05, 0) is 12.1 Å². The highest BCUT2D eigenvalue weighted by atomic mass is 19.4. The summed E-state index contributed by atoms with van der Waals surface area (Å²) in [5.74, 6) is -2.12. The van der Waals surface area contributed by atoms with E-state index in [1.807, 2.05) is 0 Å². The van der Waals surface area contributed by atoms with E-state index in [2.05, 4.69) is 5.16 Å². The number of oxime groups is 1. The molecule has 1 aromatic carbocycles. The second kappa shape index (κ2) is 5.35. The smallest absolute Gasteiger partial charge is 0.402 e. The molecule has 110 valence electrons. The normalized spacial score (nSPS) is 16.1. The van der Waals surface area contributed by atoms with Gasteiger partial charge in [-0.1, -0.05) is 5.16 Å². The Hall–Kier alpha value is -2.32. The predicted molar refractivity (Wildman–Crippen MR) is 61.0 cm³/mol. The molecule has 9 heteroatoms. The maximum Gasteiger partial charge on any atom is 0.402 e. The van der Waals surface area contributed by atoms with Crippen molar-refractivity contribution < 1.29 is 32.6 Å². The number of rotatable bonds is 4. The summed E-state index contributed by atoms with van der Waals surface area (Å²) in [6.07, 6.45) is -4.67. The molecule has 0 radical (unpaired) electrons. The van der Waals surface area contributed by atoms with E-state index < -0.39 is 24.5 Å². The molecule has 1 aliphatic heterocycles. The number of ether oxygens (including phenoxy) is 3. The lowest BCUT2D eigenvalue weighted by atomic mass is 10.1. The fourth-order valence-corrected chi connectivity index (χ4v) is 1.56. The Bertz CT molecular complexity index is 519. The van der Waals surface area contributed by atoms with E-state index in [1.165, 1.54) is 18.2 Å². The van der Waals surface area contributed by atoms with E-state index in [4.69, 9.17) is 25.2 Å². The molecular formula is C11H11F3N2O4. The Morgan fingerprint density at radius 2 is 2.10 bits per heavy atom. The molecule has 1 aromatic rings. The Kier molecular flexibility index (Phi) is 3.77. The highest BCUT2D eigenvalue weighted by molar-refractivity contribution is 5.83. The van der Waals surface area contributed by atoms with Crippen molar-refractivity contribution in [2.45, 2.75) is 6.18 Å². The minimum atomic E-state index is -4.67. The zero-order valence-electron chi connectivity index (χ0n) is 10.1. The van der Waals surface area contributed by atoms with Gasteiger partial charge in [0.1, 0.15) is 18.3 Å².